The number of benzene rings is 1. The molecule has 1 fully saturated rings. The molecule has 1 aliphatic rings. The van der Waals surface area contributed by atoms with E-state index in [1.807, 2.05) is 6.92 Å². The van der Waals surface area contributed by atoms with E-state index in [9.17, 15) is 8.42 Å². The SMILES string of the molecule is CC1(NS(=O)(=O)c2ccc3cn[nH]c3c2)COC1. The van der Waals surface area contributed by atoms with Crippen LogP contribution in [-0.2, 0) is 14.8 Å². The van der Waals surface area contributed by atoms with Crippen LogP contribution in [0.1, 0.15) is 6.92 Å². The van der Waals surface area contributed by atoms with E-state index < -0.39 is 15.6 Å². The van der Waals surface area contributed by atoms with Gasteiger partial charge in [0, 0.05) is 5.39 Å². The Labute approximate surface area is 104 Å². The Bertz CT molecular complexity index is 688. The maximum absolute atomic E-state index is 12.2. The van der Waals surface area contributed by atoms with Crippen molar-refractivity contribution in [2.45, 2.75) is 17.4 Å². The molecule has 7 heteroatoms. The fraction of sp³-hybridized carbons (Fsp3) is 0.364. The predicted octanol–water partition coefficient (Wildman–Crippen LogP) is 0.630. The molecular weight excluding hydrogens is 254 g/mol. The zero-order valence-corrected chi connectivity index (χ0v) is 10.6. The van der Waals surface area contributed by atoms with E-state index in [1.54, 1.807) is 24.4 Å². The second kappa shape index (κ2) is 3.78. The van der Waals surface area contributed by atoms with Gasteiger partial charge in [0.25, 0.3) is 0 Å². The minimum atomic E-state index is -3.53. The number of fused-ring (bicyclic) bond motifs is 1. The zero-order valence-electron chi connectivity index (χ0n) is 9.80. The molecule has 1 aromatic carbocycles. The number of aromatic amines is 1. The Kier molecular flexibility index (Phi) is 2.44. The number of sulfonamides is 1. The first-order chi connectivity index (χ1) is 8.49. The van der Waals surface area contributed by atoms with Crippen LogP contribution in [-0.4, -0.2) is 37.4 Å². The highest BCUT2D eigenvalue weighted by Gasteiger charge is 2.37. The predicted molar refractivity (Wildman–Crippen MR) is 65.6 cm³/mol. The van der Waals surface area contributed by atoms with Gasteiger partial charge in [0.15, 0.2) is 0 Å². The third-order valence-corrected chi connectivity index (χ3v) is 4.58. The number of hydrogen-bond donors (Lipinski definition) is 2. The van der Waals surface area contributed by atoms with Gasteiger partial charge in [-0.1, -0.05) is 0 Å². The Hall–Kier alpha value is -1.44. The van der Waals surface area contributed by atoms with Gasteiger partial charge in [0.1, 0.15) is 0 Å². The lowest BCUT2D eigenvalue weighted by atomic mass is 10.0. The minimum absolute atomic E-state index is 0.229. The molecule has 0 amide bonds. The summed E-state index contributed by atoms with van der Waals surface area (Å²) in [5.41, 5.74) is 0.204. The second-order valence-corrected chi connectivity index (χ2v) is 6.46. The number of rotatable bonds is 3. The summed E-state index contributed by atoms with van der Waals surface area (Å²) in [4.78, 5) is 0.229. The number of nitrogens with zero attached hydrogens (tertiary/aromatic N) is 1. The van der Waals surface area contributed by atoms with Gasteiger partial charge in [-0.3, -0.25) is 5.10 Å². The molecule has 1 aromatic heterocycles. The van der Waals surface area contributed by atoms with Crippen molar-refractivity contribution in [2.24, 2.45) is 0 Å². The van der Waals surface area contributed by atoms with E-state index in [2.05, 4.69) is 14.9 Å². The third kappa shape index (κ3) is 1.90. The molecule has 0 atom stereocenters. The molecule has 3 rings (SSSR count). The van der Waals surface area contributed by atoms with E-state index >= 15 is 0 Å². The number of H-pyrrole nitrogens is 1. The van der Waals surface area contributed by atoms with Crippen LogP contribution in [0.4, 0.5) is 0 Å². The summed E-state index contributed by atoms with van der Waals surface area (Å²) in [5, 5.41) is 7.50. The van der Waals surface area contributed by atoms with E-state index in [4.69, 9.17) is 4.74 Å². The Morgan fingerprint density at radius 2 is 2.22 bits per heavy atom. The van der Waals surface area contributed by atoms with Crippen LogP contribution in [0.25, 0.3) is 10.9 Å². The maximum Gasteiger partial charge on any atom is 0.241 e. The van der Waals surface area contributed by atoms with Crippen molar-refractivity contribution < 1.29 is 13.2 Å². The zero-order chi connectivity index (χ0) is 12.8. The van der Waals surface area contributed by atoms with Gasteiger partial charge in [-0.15, -0.1) is 0 Å². The van der Waals surface area contributed by atoms with Crippen molar-refractivity contribution >= 4 is 20.9 Å². The van der Waals surface area contributed by atoms with Gasteiger partial charge in [-0.05, 0) is 25.1 Å². The normalized spacial score (nSPS) is 18.7. The number of nitrogens with one attached hydrogen (secondary N) is 2. The van der Waals surface area contributed by atoms with Crippen molar-refractivity contribution in [3.8, 4) is 0 Å². The topological polar surface area (TPSA) is 84.1 Å². The molecule has 0 spiro atoms. The lowest BCUT2D eigenvalue weighted by molar-refractivity contribution is -0.0523. The van der Waals surface area contributed by atoms with Crippen LogP contribution in [0, 0.1) is 0 Å². The molecule has 0 aliphatic carbocycles. The van der Waals surface area contributed by atoms with E-state index in [1.165, 1.54) is 0 Å². The fourth-order valence-corrected chi connectivity index (χ4v) is 3.34. The summed E-state index contributed by atoms with van der Waals surface area (Å²) in [6, 6.07) is 4.88. The Morgan fingerprint density at radius 3 is 2.89 bits per heavy atom. The van der Waals surface area contributed by atoms with Gasteiger partial charge >= 0.3 is 0 Å². The van der Waals surface area contributed by atoms with Crippen molar-refractivity contribution in [2.75, 3.05) is 13.2 Å². The highest BCUT2D eigenvalue weighted by molar-refractivity contribution is 7.89. The first-order valence-corrected chi connectivity index (χ1v) is 7.02. The summed E-state index contributed by atoms with van der Waals surface area (Å²) in [7, 11) is -3.53. The highest BCUT2D eigenvalue weighted by Crippen LogP contribution is 2.22. The van der Waals surface area contributed by atoms with Crippen molar-refractivity contribution in [3.63, 3.8) is 0 Å². The standard InChI is InChI=1S/C11H13N3O3S/c1-11(6-17-7-11)14-18(15,16)9-3-2-8-5-12-13-10(8)4-9/h2-5,14H,6-7H2,1H3,(H,12,13). The molecule has 1 saturated heterocycles. The first-order valence-electron chi connectivity index (χ1n) is 5.53. The molecule has 0 radical (unpaired) electrons. The quantitative estimate of drug-likeness (QED) is 0.854. The van der Waals surface area contributed by atoms with Crippen molar-refractivity contribution in [3.05, 3.63) is 24.4 Å². The molecule has 2 heterocycles. The van der Waals surface area contributed by atoms with Crippen LogP contribution >= 0.6 is 0 Å². The summed E-state index contributed by atoms with van der Waals surface area (Å²) in [5.74, 6) is 0. The molecule has 6 nitrogen and oxygen atoms in total. The average molecular weight is 267 g/mol. The summed E-state index contributed by atoms with van der Waals surface area (Å²) < 4.78 is 32.1. The Balaban J connectivity index is 1.96. The fourth-order valence-electron chi connectivity index (χ4n) is 1.93. The second-order valence-electron chi connectivity index (χ2n) is 4.78. The number of aromatic nitrogens is 2. The van der Waals surface area contributed by atoms with Gasteiger partial charge in [-0.2, -0.15) is 5.10 Å². The van der Waals surface area contributed by atoms with Crippen LogP contribution in [0.2, 0.25) is 0 Å². The molecule has 2 N–H and O–H groups in total. The number of hydrogen-bond acceptors (Lipinski definition) is 4. The van der Waals surface area contributed by atoms with Crippen molar-refractivity contribution in [1.29, 1.82) is 0 Å². The third-order valence-electron chi connectivity index (χ3n) is 2.95. The molecule has 18 heavy (non-hydrogen) atoms. The number of ether oxygens (including phenoxy) is 1. The lowest BCUT2D eigenvalue weighted by Crippen LogP contribution is -2.59. The molecule has 1 aliphatic heterocycles. The van der Waals surface area contributed by atoms with Crippen LogP contribution in [0.3, 0.4) is 0 Å². The van der Waals surface area contributed by atoms with Gasteiger partial charge in [0.05, 0.1) is 35.4 Å². The van der Waals surface area contributed by atoms with Gasteiger partial charge < -0.3 is 4.74 Å². The molecule has 0 unspecified atom stereocenters. The summed E-state index contributed by atoms with van der Waals surface area (Å²) >= 11 is 0. The maximum atomic E-state index is 12.2. The molecule has 96 valence electrons. The van der Waals surface area contributed by atoms with E-state index in [-0.39, 0.29) is 4.90 Å². The van der Waals surface area contributed by atoms with Crippen LogP contribution < -0.4 is 4.72 Å². The van der Waals surface area contributed by atoms with E-state index in [0.29, 0.717) is 18.7 Å². The van der Waals surface area contributed by atoms with Crippen LogP contribution in [0.5, 0.6) is 0 Å². The molecule has 2 aromatic rings. The monoisotopic (exact) mass is 267 g/mol. The largest absolute Gasteiger partial charge is 0.377 e. The lowest BCUT2D eigenvalue weighted by Gasteiger charge is -2.38. The minimum Gasteiger partial charge on any atom is -0.377 e. The first kappa shape index (κ1) is 11.6. The summed E-state index contributed by atoms with van der Waals surface area (Å²) in [6.45, 7) is 2.62. The van der Waals surface area contributed by atoms with Crippen molar-refractivity contribution in [1.82, 2.24) is 14.9 Å². The van der Waals surface area contributed by atoms with E-state index in [0.717, 1.165) is 5.39 Å². The Morgan fingerprint density at radius 1 is 1.44 bits per heavy atom. The van der Waals surface area contributed by atoms with Gasteiger partial charge in [-0.25, -0.2) is 13.1 Å². The summed E-state index contributed by atoms with van der Waals surface area (Å²) in [6.07, 6.45) is 1.65. The smallest absolute Gasteiger partial charge is 0.241 e. The van der Waals surface area contributed by atoms with Crippen LogP contribution in [0.15, 0.2) is 29.3 Å². The average Bonchev–Trinajstić information content (AvgIpc) is 2.73. The highest BCUT2D eigenvalue weighted by atomic mass is 32.2. The molecular formula is C11H13N3O3S. The molecule has 0 saturated carbocycles. The van der Waals surface area contributed by atoms with Gasteiger partial charge in [0.2, 0.25) is 10.0 Å². The molecule has 0 bridgehead atoms.